The highest BCUT2D eigenvalue weighted by Crippen LogP contribution is 2.29. The summed E-state index contributed by atoms with van der Waals surface area (Å²) in [5.74, 6) is 0.139. The Morgan fingerprint density at radius 1 is 1.20 bits per heavy atom. The lowest BCUT2D eigenvalue weighted by Gasteiger charge is -2.48. The first kappa shape index (κ1) is 37.8. The molecule has 1 aliphatic heterocycles. The van der Waals surface area contributed by atoms with Gasteiger partial charge in [-0.3, -0.25) is 14.4 Å². The van der Waals surface area contributed by atoms with E-state index in [1.807, 2.05) is 40.8 Å². The summed E-state index contributed by atoms with van der Waals surface area (Å²) in [6.45, 7) is 21.5. The number of allylic oxidation sites excluding steroid dienone is 2. The third kappa shape index (κ3) is 10.6. The van der Waals surface area contributed by atoms with Gasteiger partial charge in [0.05, 0.1) is 17.1 Å². The van der Waals surface area contributed by atoms with Gasteiger partial charge in [-0.05, 0) is 70.5 Å². The van der Waals surface area contributed by atoms with Gasteiger partial charge in [-0.15, -0.1) is 0 Å². The summed E-state index contributed by atoms with van der Waals surface area (Å²) in [6.07, 6.45) is 4.76. The molecular formula is C35H53ClN6O3. The van der Waals surface area contributed by atoms with E-state index in [0.29, 0.717) is 53.6 Å². The zero-order valence-corrected chi connectivity index (χ0v) is 29.5. The number of aromatic amines is 1. The maximum Gasteiger partial charge on any atom is 0.254 e. The molecule has 0 spiro atoms. The van der Waals surface area contributed by atoms with Crippen LogP contribution < -0.4 is 5.32 Å². The quantitative estimate of drug-likeness (QED) is 0.186. The number of hydrogen-bond acceptors (Lipinski definition) is 5. The Balaban J connectivity index is 0.00000345. The smallest absolute Gasteiger partial charge is 0.254 e. The van der Waals surface area contributed by atoms with Crippen molar-refractivity contribution in [2.75, 3.05) is 46.8 Å². The van der Waals surface area contributed by atoms with Crippen molar-refractivity contribution in [3.63, 3.8) is 0 Å². The second kappa shape index (κ2) is 17.3. The average molecular weight is 641 g/mol. The van der Waals surface area contributed by atoms with E-state index < -0.39 is 6.04 Å². The van der Waals surface area contributed by atoms with Crippen molar-refractivity contribution < 1.29 is 14.4 Å². The molecule has 1 aromatic heterocycles. The van der Waals surface area contributed by atoms with E-state index in [0.717, 1.165) is 30.5 Å². The molecule has 0 saturated carbocycles. The average Bonchev–Trinajstić information content (AvgIpc) is 3.40. The van der Waals surface area contributed by atoms with Gasteiger partial charge in [0.15, 0.2) is 0 Å². The van der Waals surface area contributed by atoms with Crippen LogP contribution in [0.15, 0.2) is 53.6 Å². The maximum atomic E-state index is 13.4. The Morgan fingerprint density at radius 3 is 2.44 bits per heavy atom. The zero-order chi connectivity index (χ0) is 33.9. The first-order valence-corrected chi connectivity index (χ1v) is 16.4. The summed E-state index contributed by atoms with van der Waals surface area (Å²) in [5, 5.41) is 3.63. The molecule has 1 unspecified atom stereocenters. The van der Waals surface area contributed by atoms with Crippen molar-refractivity contribution >= 4 is 40.4 Å². The molecule has 248 valence electrons. The number of likely N-dealkylation sites (tertiary alicyclic amines) is 1. The number of halogens is 1. The molecule has 1 saturated heterocycles. The van der Waals surface area contributed by atoms with E-state index in [1.54, 1.807) is 47.9 Å². The Bertz CT molecular complexity index is 1410. The molecule has 2 N–H and O–H groups in total. The van der Waals surface area contributed by atoms with Crippen molar-refractivity contribution in [2.45, 2.75) is 73.8 Å². The predicted octanol–water partition coefficient (Wildman–Crippen LogP) is 6.30. The lowest BCUT2D eigenvalue weighted by atomic mass is 9.82. The second-order valence-electron chi connectivity index (χ2n) is 12.2. The molecule has 3 rings (SSSR count). The molecule has 0 bridgehead atoms. The van der Waals surface area contributed by atoms with E-state index in [-0.39, 0.29) is 29.6 Å². The molecule has 45 heavy (non-hydrogen) atoms. The number of aromatic nitrogens is 2. The number of imidazole rings is 1. The molecule has 2 aromatic rings. The van der Waals surface area contributed by atoms with E-state index in [9.17, 15) is 14.4 Å². The largest absolute Gasteiger partial charge is 0.345 e. The number of nitrogens with zero attached hydrogens (tertiary/aromatic N) is 4. The number of hydrogen-bond donors (Lipinski definition) is 2. The number of rotatable bonds is 14. The summed E-state index contributed by atoms with van der Waals surface area (Å²) in [4.78, 5) is 53.4. The number of nitrogens with one attached hydrogen (secondary N) is 2. The van der Waals surface area contributed by atoms with E-state index in [4.69, 9.17) is 16.6 Å². The molecule has 0 aliphatic carbocycles. The van der Waals surface area contributed by atoms with Crippen LogP contribution >= 0.6 is 11.6 Å². The number of H-pyrrole nitrogens is 1. The van der Waals surface area contributed by atoms with Crippen LogP contribution in [0.3, 0.4) is 0 Å². The number of carbonyl (C=O) groups excluding carboxylic acids is 3. The highest BCUT2D eigenvalue weighted by atomic mass is 35.5. The monoisotopic (exact) mass is 640 g/mol. The van der Waals surface area contributed by atoms with Crippen molar-refractivity contribution in [2.24, 2.45) is 5.41 Å². The summed E-state index contributed by atoms with van der Waals surface area (Å²) >= 11 is 6.18. The minimum absolute atomic E-state index is 0.0153. The van der Waals surface area contributed by atoms with E-state index >= 15 is 0 Å². The van der Waals surface area contributed by atoms with Gasteiger partial charge in [0.1, 0.15) is 5.82 Å². The van der Waals surface area contributed by atoms with Crippen LogP contribution in [-0.4, -0.2) is 89.2 Å². The highest BCUT2D eigenvalue weighted by Gasteiger charge is 2.38. The van der Waals surface area contributed by atoms with Crippen molar-refractivity contribution in [3.05, 3.63) is 64.5 Å². The molecule has 1 aliphatic rings. The van der Waals surface area contributed by atoms with Crippen LogP contribution in [0.25, 0.3) is 11.0 Å². The fourth-order valence-corrected chi connectivity index (χ4v) is 5.89. The molecule has 1 aromatic carbocycles. The molecule has 0 radical (unpaired) electrons. The maximum absolute atomic E-state index is 13.4. The molecule has 1 fully saturated rings. The normalized spacial score (nSPS) is 15.4. The SMILES string of the molecule is C=C(C)/C(=C\C=C(/C)C(=O)NC(CCC(=O)N(C)CC1(C)CN(C)C1)c1nc2ccc(Cl)cc2[nH]1)C(=O)N(CC)CCC.CC. The second-order valence-corrected chi connectivity index (χ2v) is 12.6. The van der Waals surface area contributed by atoms with Gasteiger partial charge in [0.2, 0.25) is 11.8 Å². The van der Waals surface area contributed by atoms with Crippen molar-refractivity contribution in [1.29, 1.82) is 0 Å². The van der Waals surface area contributed by atoms with Crippen LogP contribution in [0, 0.1) is 5.41 Å². The van der Waals surface area contributed by atoms with Crippen LogP contribution in [0.5, 0.6) is 0 Å². The van der Waals surface area contributed by atoms with Crippen molar-refractivity contribution in [3.8, 4) is 0 Å². The van der Waals surface area contributed by atoms with Gasteiger partial charge in [0, 0.05) is 67.8 Å². The van der Waals surface area contributed by atoms with Crippen LogP contribution in [-0.2, 0) is 14.4 Å². The first-order valence-electron chi connectivity index (χ1n) is 16.0. The lowest BCUT2D eigenvalue weighted by Crippen LogP contribution is -2.57. The minimum Gasteiger partial charge on any atom is -0.345 e. The fraction of sp³-hybridized carbons (Fsp3) is 0.543. The first-order chi connectivity index (χ1) is 21.3. The Hall–Kier alpha value is -3.43. The van der Waals surface area contributed by atoms with Gasteiger partial charge in [0.25, 0.3) is 5.91 Å². The van der Waals surface area contributed by atoms with Crippen LogP contribution in [0.4, 0.5) is 0 Å². The predicted molar refractivity (Wildman–Crippen MR) is 185 cm³/mol. The summed E-state index contributed by atoms with van der Waals surface area (Å²) in [7, 11) is 3.91. The van der Waals surface area contributed by atoms with Crippen LogP contribution in [0.2, 0.25) is 5.02 Å². The summed E-state index contributed by atoms with van der Waals surface area (Å²) in [5.41, 5.74) is 3.08. The lowest BCUT2D eigenvalue weighted by molar-refractivity contribution is -0.133. The number of likely N-dealkylation sites (N-methyl/N-ethyl adjacent to an activating group) is 1. The molecule has 3 amide bonds. The Morgan fingerprint density at radius 2 is 1.87 bits per heavy atom. The molecule has 1 atom stereocenters. The van der Waals surface area contributed by atoms with Gasteiger partial charge >= 0.3 is 0 Å². The van der Waals surface area contributed by atoms with Gasteiger partial charge in [-0.1, -0.05) is 52.0 Å². The third-order valence-corrected chi connectivity index (χ3v) is 8.04. The molecular weight excluding hydrogens is 588 g/mol. The fourth-order valence-electron chi connectivity index (χ4n) is 5.72. The van der Waals surface area contributed by atoms with Gasteiger partial charge in [-0.2, -0.15) is 0 Å². The third-order valence-electron chi connectivity index (χ3n) is 7.80. The standard InChI is InChI=1S/C33H47ClN6O3.C2H6/c1-9-17-40(10-2)32(43)25(22(3)4)13-11-23(5)31(42)37-27(30-35-26-14-12-24(34)18-28(26)36-30)15-16-29(41)39(8)21-33(6)19-38(7)20-33;1-2/h11-14,18,27H,3,9-10,15-17,19-21H2,1-2,4-8H3,(H,35,36)(H,37,42);1-2H3/b23-11+,25-13+;. The van der Waals surface area contributed by atoms with Gasteiger partial charge in [-0.25, -0.2) is 4.98 Å². The summed E-state index contributed by atoms with van der Waals surface area (Å²) in [6, 6.07) is 4.82. The zero-order valence-electron chi connectivity index (χ0n) is 28.7. The molecule has 2 heterocycles. The topological polar surface area (TPSA) is 102 Å². The molecule has 10 heteroatoms. The van der Waals surface area contributed by atoms with E-state index in [2.05, 4.69) is 35.8 Å². The number of fused-ring (bicyclic) bond motifs is 1. The van der Waals surface area contributed by atoms with Crippen LogP contribution in [0.1, 0.15) is 79.6 Å². The molecule has 9 nitrogen and oxygen atoms in total. The minimum atomic E-state index is -0.545. The summed E-state index contributed by atoms with van der Waals surface area (Å²) < 4.78 is 0. The number of benzene rings is 1. The number of amides is 3. The van der Waals surface area contributed by atoms with E-state index in [1.165, 1.54) is 0 Å². The highest BCUT2D eigenvalue weighted by molar-refractivity contribution is 6.31. The number of carbonyl (C=O) groups is 3. The Kier molecular flexibility index (Phi) is 14.5. The Labute approximate surface area is 274 Å². The van der Waals surface area contributed by atoms with Crippen molar-refractivity contribution in [1.82, 2.24) is 30.0 Å². The van der Waals surface area contributed by atoms with Gasteiger partial charge < -0.3 is 25.0 Å².